The number of hydrogen-bond acceptors (Lipinski definition) is 5. The average Bonchev–Trinajstić information content (AvgIpc) is 2.38. The Hall–Kier alpha value is -1.36. The Kier molecular flexibility index (Phi) is 7.10. The third kappa shape index (κ3) is 4.49. The van der Waals surface area contributed by atoms with Crippen LogP contribution in [0, 0.1) is 0 Å². The second-order valence-corrected chi connectivity index (χ2v) is 3.83. The molecule has 0 saturated heterocycles. The largest absolute Gasteiger partial charge is 0.475 e. The fraction of sp³-hybridized carbons (Fsp3) is 0.692. The highest BCUT2D eigenvalue weighted by atomic mass is 16.5. The first kappa shape index (κ1) is 14.7. The van der Waals surface area contributed by atoms with Crippen molar-refractivity contribution in [3.63, 3.8) is 0 Å². The molecule has 0 radical (unpaired) electrons. The van der Waals surface area contributed by atoms with Gasteiger partial charge in [0.15, 0.2) is 0 Å². The molecule has 1 rings (SSSR count). The van der Waals surface area contributed by atoms with E-state index in [1.165, 1.54) is 6.33 Å². The van der Waals surface area contributed by atoms with E-state index in [1.54, 1.807) is 0 Å². The molecular weight excluding hydrogens is 230 g/mol. The second kappa shape index (κ2) is 8.69. The van der Waals surface area contributed by atoms with Crippen LogP contribution >= 0.6 is 0 Å². The molecule has 1 N–H and O–H groups in total. The van der Waals surface area contributed by atoms with Crippen LogP contribution in [0.25, 0.3) is 0 Å². The van der Waals surface area contributed by atoms with E-state index in [0.717, 1.165) is 30.8 Å². The molecule has 1 aromatic heterocycles. The zero-order valence-corrected chi connectivity index (χ0v) is 11.5. The van der Waals surface area contributed by atoms with Crippen LogP contribution in [0.2, 0.25) is 0 Å². The molecule has 5 nitrogen and oxygen atoms in total. The third-order valence-electron chi connectivity index (χ3n) is 2.42. The van der Waals surface area contributed by atoms with Crippen molar-refractivity contribution in [2.45, 2.75) is 33.6 Å². The molecule has 0 saturated carbocycles. The van der Waals surface area contributed by atoms with Crippen molar-refractivity contribution in [3.05, 3.63) is 11.9 Å². The van der Waals surface area contributed by atoms with Crippen molar-refractivity contribution in [2.75, 3.05) is 31.7 Å². The van der Waals surface area contributed by atoms with Crippen molar-refractivity contribution in [1.82, 2.24) is 9.97 Å². The van der Waals surface area contributed by atoms with Gasteiger partial charge in [0.2, 0.25) is 5.88 Å². The molecule has 1 aromatic rings. The molecule has 18 heavy (non-hydrogen) atoms. The molecule has 0 aliphatic heterocycles. The van der Waals surface area contributed by atoms with Crippen LogP contribution in [0.15, 0.2) is 6.33 Å². The number of ether oxygens (including phenoxy) is 2. The summed E-state index contributed by atoms with van der Waals surface area (Å²) in [5.74, 6) is 1.54. The Morgan fingerprint density at radius 3 is 2.67 bits per heavy atom. The summed E-state index contributed by atoms with van der Waals surface area (Å²) >= 11 is 0. The molecule has 0 aliphatic carbocycles. The number of hydrogen-bond donors (Lipinski definition) is 1. The lowest BCUT2D eigenvalue weighted by molar-refractivity contribution is 0.108. The summed E-state index contributed by atoms with van der Waals surface area (Å²) in [5, 5.41) is 3.24. The molecule has 102 valence electrons. The van der Waals surface area contributed by atoms with Crippen molar-refractivity contribution in [1.29, 1.82) is 0 Å². The fourth-order valence-electron chi connectivity index (χ4n) is 1.66. The van der Waals surface area contributed by atoms with Gasteiger partial charge in [-0.25, -0.2) is 9.97 Å². The fourth-order valence-corrected chi connectivity index (χ4v) is 1.66. The van der Waals surface area contributed by atoms with Gasteiger partial charge in [-0.3, -0.25) is 0 Å². The van der Waals surface area contributed by atoms with Gasteiger partial charge < -0.3 is 14.8 Å². The topological polar surface area (TPSA) is 56.3 Å². The van der Waals surface area contributed by atoms with Crippen LogP contribution in [0.3, 0.4) is 0 Å². The Morgan fingerprint density at radius 2 is 2.00 bits per heavy atom. The molecule has 0 aliphatic rings. The Morgan fingerprint density at radius 1 is 1.17 bits per heavy atom. The zero-order chi connectivity index (χ0) is 13.2. The van der Waals surface area contributed by atoms with E-state index in [1.807, 2.05) is 13.8 Å². The molecule has 0 aromatic carbocycles. The first-order chi connectivity index (χ1) is 8.83. The molecule has 0 fully saturated rings. The number of anilines is 1. The van der Waals surface area contributed by atoms with Crippen molar-refractivity contribution in [2.24, 2.45) is 0 Å². The summed E-state index contributed by atoms with van der Waals surface area (Å²) in [6.45, 7) is 8.80. The van der Waals surface area contributed by atoms with Crippen molar-refractivity contribution >= 4 is 5.82 Å². The van der Waals surface area contributed by atoms with E-state index in [-0.39, 0.29) is 0 Å². The van der Waals surface area contributed by atoms with Gasteiger partial charge in [-0.2, -0.15) is 0 Å². The minimum Gasteiger partial charge on any atom is -0.475 e. The Labute approximate surface area is 109 Å². The van der Waals surface area contributed by atoms with Gasteiger partial charge >= 0.3 is 0 Å². The predicted octanol–water partition coefficient (Wildman–Crippen LogP) is 2.28. The monoisotopic (exact) mass is 253 g/mol. The van der Waals surface area contributed by atoms with Crippen LogP contribution < -0.4 is 10.1 Å². The van der Waals surface area contributed by atoms with E-state index < -0.39 is 0 Å². The summed E-state index contributed by atoms with van der Waals surface area (Å²) in [7, 11) is 0. The minimum absolute atomic E-state index is 0.521. The number of nitrogens with zero attached hydrogens (tertiary/aromatic N) is 2. The minimum atomic E-state index is 0.521. The maximum Gasteiger partial charge on any atom is 0.221 e. The van der Waals surface area contributed by atoms with Gasteiger partial charge in [-0.15, -0.1) is 0 Å². The van der Waals surface area contributed by atoms with Crippen molar-refractivity contribution in [3.8, 4) is 5.88 Å². The van der Waals surface area contributed by atoms with Crippen LogP contribution in [-0.2, 0) is 11.2 Å². The van der Waals surface area contributed by atoms with E-state index in [0.29, 0.717) is 25.7 Å². The average molecular weight is 253 g/mol. The quantitative estimate of drug-likeness (QED) is 0.684. The lowest BCUT2D eigenvalue weighted by Gasteiger charge is -2.13. The van der Waals surface area contributed by atoms with E-state index >= 15 is 0 Å². The number of nitrogens with one attached hydrogen (secondary N) is 1. The van der Waals surface area contributed by atoms with Crippen molar-refractivity contribution < 1.29 is 9.47 Å². The van der Waals surface area contributed by atoms with Gasteiger partial charge in [0.05, 0.1) is 12.2 Å². The lowest BCUT2D eigenvalue weighted by Crippen LogP contribution is -2.11. The summed E-state index contributed by atoms with van der Waals surface area (Å²) in [4.78, 5) is 8.47. The second-order valence-electron chi connectivity index (χ2n) is 3.83. The maximum atomic E-state index is 5.66. The highest BCUT2D eigenvalue weighted by molar-refractivity contribution is 5.48. The molecule has 0 amide bonds. The smallest absolute Gasteiger partial charge is 0.221 e. The molecule has 1 heterocycles. The normalized spacial score (nSPS) is 10.4. The SMILES string of the molecule is CCCc1c(NCC)ncnc1OCCOCC. The Balaban J connectivity index is 2.71. The first-order valence-electron chi connectivity index (χ1n) is 6.61. The molecule has 5 heteroatoms. The standard InChI is InChI=1S/C13H23N3O2/c1-4-7-11-12(14-5-2)15-10-16-13(11)18-9-8-17-6-3/h10H,4-9H2,1-3H3,(H,14,15,16). The van der Waals surface area contributed by atoms with Gasteiger partial charge in [0.25, 0.3) is 0 Å². The van der Waals surface area contributed by atoms with Gasteiger partial charge in [0.1, 0.15) is 18.8 Å². The van der Waals surface area contributed by atoms with Crippen LogP contribution in [0.5, 0.6) is 5.88 Å². The van der Waals surface area contributed by atoms with E-state index in [4.69, 9.17) is 9.47 Å². The number of rotatable bonds is 9. The van der Waals surface area contributed by atoms with Gasteiger partial charge in [-0.1, -0.05) is 13.3 Å². The third-order valence-corrected chi connectivity index (χ3v) is 2.42. The molecule has 0 atom stereocenters. The molecular formula is C13H23N3O2. The highest BCUT2D eigenvalue weighted by Crippen LogP contribution is 2.23. The molecule has 0 unspecified atom stereocenters. The van der Waals surface area contributed by atoms with Gasteiger partial charge in [-0.05, 0) is 20.3 Å². The van der Waals surface area contributed by atoms with Crippen LogP contribution in [0.4, 0.5) is 5.82 Å². The van der Waals surface area contributed by atoms with Crippen LogP contribution in [-0.4, -0.2) is 36.3 Å². The summed E-state index contributed by atoms with van der Waals surface area (Å²) < 4.78 is 10.9. The van der Waals surface area contributed by atoms with E-state index in [9.17, 15) is 0 Å². The summed E-state index contributed by atoms with van der Waals surface area (Å²) in [5.41, 5.74) is 1.05. The first-order valence-corrected chi connectivity index (χ1v) is 6.61. The van der Waals surface area contributed by atoms with Gasteiger partial charge in [0, 0.05) is 13.2 Å². The lowest BCUT2D eigenvalue weighted by atomic mass is 10.1. The zero-order valence-electron chi connectivity index (χ0n) is 11.5. The van der Waals surface area contributed by atoms with E-state index in [2.05, 4.69) is 22.2 Å². The number of aromatic nitrogens is 2. The summed E-state index contributed by atoms with van der Waals surface area (Å²) in [6.07, 6.45) is 3.48. The highest BCUT2D eigenvalue weighted by Gasteiger charge is 2.11. The maximum absolute atomic E-state index is 5.66. The van der Waals surface area contributed by atoms with Crippen LogP contribution in [0.1, 0.15) is 32.8 Å². The predicted molar refractivity (Wildman–Crippen MR) is 72.2 cm³/mol. The summed E-state index contributed by atoms with van der Waals surface area (Å²) in [6, 6.07) is 0. The molecule has 0 bridgehead atoms. The molecule has 0 spiro atoms. The Bertz CT molecular complexity index is 345.